The number of halogens is 1. The molecule has 0 aliphatic carbocycles. The SMILES string of the molecule is Clc1ccc2nc(-c3cccnc3)c(Nc3ccc4c(c3)OCO4)n2c1. The van der Waals surface area contributed by atoms with Crippen molar-refractivity contribution >= 4 is 28.8 Å². The first-order valence-corrected chi connectivity index (χ1v) is 8.40. The standard InChI is InChI=1S/C19H13ClN4O2/c20-13-3-6-17-23-18(12-2-1-7-21-9-12)19(24(17)10-13)22-14-4-5-15-16(8-14)26-11-25-15/h1-10,22H,11H2. The van der Waals surface area contributed by atoms with Gasteiger partial charge in [-0.3, -0.25) is 9.38 Å². The summed E-state index contributed by atoms with van der Waals surface area (Å²) < 4.78 is 12.8. The normalized spacial score (nSPS) is 12.5. The minimum absolute atomic E-state index is 0.241. The third kappa shape index (κ3) is 2.51. The molecule has 0 saturated heterocycles. The van der Waals surface area contributed by atoms with Crippen molar-refractivity contribution in [2.75, 3.05) is 12.1 Å². The van der Waals surface area contributed by atoms with Crippen molar-refractivity contribution in [1.82, 2.24) is 14.4 Å². The summed E-state index contributed by atoms with van der Waals surface area (Å²) in [6, 6.07) is 13.3. The minimum atomic E-state index is 0.241. The zero-order chi connectivity index (χ0) is 17.5. The van der Waals surface area contributed by atoms with Crippen LogP contribution in [-0.2, 0) is 0 Å². The summed E-state index contributed by atoms with van der Waals surface area (Å²) in [6.45, 7) is 0.241. The molecule has 0 amide bonds. The summed E-state index contributed by atoms with van der Waals surface area (Å²) in [5.74, 6) is 2.25. The fraction of sp³-hybridized carbons (Fsp3) is 0.0526. The largest absolute Gasteiger partial charge is 0.454 e. The Balaban J connectivity index is 1.66. The molecule has 1 aliphatic rings. The zero-order valence-corrected chi connectivity index (χ0v) is 14.3. The van der Waals surface area contributed by atoms with E-state index in [0.717, 1.165) is 34.2 Å². The number of aromatic nitrogens is 3. The molecule has 128 valence electrons. The molecule has 1 aromatic carbocycles. The molecular weight excluding hydrogens is 352 g/mol. The maximum atomic E-state index is 6.20. The number of benzene rings is 1. The van der Waals surface area contributed by atoms with Crippen molar-refractivity contribution < 1.29 is 9.47 Å². The highest BCUT2D eigenvalue weighted by atomic mass is 35.5. The number of anilines is 2. The van der Waals surface area contributed by atoms with Crippen LogP contribution in [0, 0.1) is 0 Å². The molecular formula is C19H13ClN4O2. The number of nitrogens with zero attached hydrogens (tertiary/aromatic N) is 3. The van der Waals surface area contributed by atoms with Gasteiger partial charge in [0, 0.05) is 35.9 Å². The Hall–Kier alpha value is -3.25. The van der Waals surface area contributed by atoms with Gasteiger partial charge in [-0.05, 0) is 36.4 Å². The van der Waals surface area contributed by atoms with E-state index in [-0.39, 0.29) is 6.79 Å². The Bertz CT molecular complexity index is 1110. The molecule has 1 aliphatic heterocycles. The monoisotopic (exact) mass is 364 g/mol. The van der Waals surface area contributed by atoms with Gasteiger partial charge in [0.25, 0.3) is 0 Å². The van der Waals surface area contributed by atoms with Crippen LogP contribution in [-0.4, -0.2) is 21.2 Å². The van der Waals surface area contributed by atoms with Gasteiger partial charge in [0.1, 0.15) is 17.2 Å². The molecule has 0 saturated carbocycles. The van der Waals surface area contributed by atoms with Crippen molar-refractivity contribution in [3.8, 4) is 22.8 Å². The van der Waals surface area contributed by atoms with Crippen LogP contribution in [0.15, 0.2) is 61.1 Å². The number of ether oxygens (including phenoxy) is 2. The summed E-state index contributed by atoms with van der Waals surface area (Å²) in [4.78, 5) is 8.94. The zero-order valence-electron chi connectivity index (χ0n) is 13.5. The van der Waals surface area contributed by atoms with E-state index in [2.05, 4.69) is 10.3 Å². The van der Waals surface area contributed by atoms with Gasteiger partial charge in [-0.2, -0.15) is 0 Å². The molecule has 0 spiro atoms. The number of imidazole rings is 1. The Morgan fingerprint density at radius 2 is 2.00 bits per heavy atom. The fourth-order valence-electron chi connectivity index (χ4n) is 2.95. The van der Waals surface area contributed by atoms with Gasteiger partial charge in [-0.25, -0.2) is 4.98 Å². The number of hydrogen-bond donors (Lipinski definition) is 1. The molecule has 0 fully saturated rings. The highest BCUT2D eigenvalue weighted by Crippen LogP contribution is 2.37. The fourth-order valence-corrected chi connectivity index (χ4v) is 3.11. The smallest absolute Gasteiger partial charge is 0.231 e. The lowest BCUT2D eigenvalue weighted by molar-refractivity contribution is 0.174. The van der Waals surface area contributed by atoms with Gasteiger partial charge in [0.15, 0.2) is 11.5 Å². The number of rotatable bonds is 3. The second kappa shape index (κ2) is 5.93. The maximum Gasteiger partial charge on any atom is 0.231 e. The van der Waals surface area contributed by atoms with E-state index in [1.165, 1.54) is 0 Å². The topological polar surface area (TPSA) is 60.7 Å². The summed E-state index contributed by atoms with van der Waals surface area (Å²) in [6.07, 6.45) is 5.36. The first-order valence-electron chi connectivity index (χ1n) is 8.03. The van der Waals surface area contributed by atoms with Crippen molar-refractivity contribution in [3.05, 3.63) is 66.1 Å². The summed E-state index contributed by atoms with van der Waals surface area (Å²) >= 11 is 6.20. The minimum Gasteiger partial charge on any atom is -0.454 e. The Kier molecular flexibility index (Phi) is 3.43. The first kappa shape index (κ1) is 15.0. The van der Waals surface area contributed by atoms with Gasteiger partial charge in [-0.1, -0.05) is 11.6 Å². The predicted octanol–water partition coefficient (Wildman–Crippen LogP) is 4.52. The average molecular weight is 365 g/mol. The van der Waals surface area contributed by atoms with E-state index in [1.807, 2.05) is 53.1 Å². The average Bonchev–Trinajstić information content (AvgIpc) is 3.27. The Morgan fingerprint density at radius 1 is 1.08 bits per heavy atom. The van der Waals surface area contributed by atoms with Gasteiger partial charge < -0.3 is 14.8 Å². The van der Waals surface area contributed by atoms with Crippen LogP contribution < -0.4 is 14.8 Å². The molecule has 26 heavy (non-hydrogen) atoms. The molecule has 1 N–H and O–H groups in total. The molecule has 0 unspecified atom stereocenters. The number of pyridine rings is 2. The van der Waals surface area contributed by atoms with E-state index in [9.17, 15) is 0 Å². The summed E-state index contributed by atoms with van der Waals surface area (Å²) in [5, 5.41) is 4.06. The lowest BCUT2D eigenvalue weighted by atomic mass is 10.2. The van der Waals surface area contributed by atoms with Crippen molar-refractivity contribution in [2.45, 2.75) is 0 Å². The molecule has 7 heteroatoms. The molecule has 6 nitrogen and oxygen atoms in total. The van der Waals surface area contributed by atoms with Crippen molar-refractivity contribution in [2.24, 2.45) is 0 Å². The molecule has 4 heterocycles. The van der Waals surface area contributed by atoms with Crippen LogP contribution in [0.4, 0.5) is 11.5 Å². The molecule has 0 atom stereocenters. The first-order chi connectivity index (χ1) is 12.8. The van der Waals surface area contributed by atoms with Gasteiger partial charge in [-0.15, -0.1) is 0 Å². The van der Waals surface area contributed by atoms with E-state index in [0.29, 0.717) is 10.8 Å². The quantitative estimate of drug-likeness (QED) is 0.579. The van der Waals surface area contributed by atoms with Gasteiger partial charge in [0.2, 0.25) is 6.79 Å². The lowest BCUT2D eigenvalue weighted by Gasteiger charge is -2.10. The lowest BCUT2D eigenvalue weighted by Crippen LogP contribution is -1.97. The maximum absolute atomic E-state index is 6.20. The van der Waals surface area contributed by atoms with Crippen LogP contribution in [0.1, 0.15) is 0 Å². The van der Waals surface area contributed by atoms with E-state index >= 15 is 0 Å². The molecule has 0 radical (unpaired) electrons. The van der Waals surface area contributed by atoms with Crippen LogP contribution >= 0.6 is 11.6 Å². The highest BCUT2D eigenvalue weighted by molar-refractivity contribution is 6.30. The van der Waals surface area contributed by atoms with Crippen LogP contribution in [0.25, 0.3) is 16.9 Å². The Labute approximate surface area is 154 Å². The highest BCUT2D eigenvalue weighted by Gasteiger charge is 2.17. The number of hydrogen-bond acceptors (Lipinski definition) is 5. The van der Waals surface area contributed by atoms with Crippen LogP contribution in [0.5, 0.6) is 11.5 Å². The second-order valence-corrected chi connectivity index (χ2v) is 6.26. The van der Waals surface area contributed by atoms with Crippen molar-refractivity contribution in [3.63, 3.8) is 0 Å². The van der Waals surface area contributed by atoms with Gasteiger partial charge in [0.05, 0.1) is 5.02 Å². The van der Waals surface area contributed by atoms with Gasteiger partial charge >= 0.3 is 0 Å². The van der Waals surface area contributed by atoms with E-state index in [4.69, 9.17) is 26.1 Å². The van der Waals surface area contributed by atoms with E-state index in [1.54, 1.807) is 12.4 Å². The molecule has 0 bridgehead atoms. The summed E-state index contributed by atoms with van der Waals surface area (Å²) in [7, 11) is 0. The molecule has 5 rings (SSSR count). The Morgan fingerprint density at radius 3 is 2.88 bits per heavy atom. The van der Waals surface area contributed by atoms with E-state index < -0.39 is 0 Å². The van der Waals surface area contributed by atoms with Crippen LogP contribution in [0.2, 0.25) is 5.02 Å². The summed E-state index contributed by atoms with van der Waals surface area (Å²) in [5.41, 5.74) is 3.35. The molecule has 4 aromatic rings. The second-order valence-electron chi connectivity index (χ2n) is 5.82. The number of fused-ring (bicyclic) bond motifs is 2. The third-order valence-corrected chi connectivity index (χ3v) is 4.38. The van der Waals surface area contributed by atoms with Crippen LogP contribution in [0.3, 0.4) is 0 Å². The predicted molar refractivity (Wildman–Crippen MR) is 99.3 cm³/mol. The third-order valence-electron chi connectivity index (χ3n) is 4.15. The molecule has 3 aromatic heterocycles. The number of nitrogens with one attached hydrogen (secondary N) is 1. The van der Waals surface area contributed by atoms with Crippen molar-refractivity contribution in [1.29, 1.82) is 0 Å².